The molecule has 0 aliphatic rings. The summed E-state index contributed by atoms with van der Waals surface area (Å²) in [7, 11) is 1.08. The Morgan fingerprint density at radius 1 is 1.53 bits per heavy atom. The SMILES string of the molecule is COC(=O)c1c(F)c(C(=O)O)cc2cn[nH]c12. The molecule has 7 heteroatoms. The molecule has 1 aromatic heterocycles. The highest BCUT2D eigenvalue weighted by molar-refractivity contribution is 6.06. The lowest BCUT2D eigenvalue weighted by Crippen LogP contribution is -2.10. The highest BCUT2D eigenvalue weighted by atomic mass is 19.1. The fraction of sp³-hybridized carbons (Fsp3) is 0.100. The van der Waals surface area contributed by atoms with Gasteiger partial charge in [-0.2, -0.15) is 5.10 Å². The molecule has 0 fully saturated rings. The second kappa shape index (κ2) is 3.85. The fourth-order valence-corrected chi connectivity index (χ4v) is 1.52. The normalized spacial score (nSPS) is 10.5. The van der Waals surface area contributed by atoms with Crippen molar-refractivity contribution in [2.75, 3.05) is 7.11 Å². The first-order chi connectivity index (χ1) is 8.06. The summed E-state index contributed by atoms with van der Waals surface area (Å²) >= 11 is 0. The number of benzene rings is 1. The number of aromatic amines is 1. The summed E-state index contributed by atoms with van der Waals surface area (Å²) in [5.41, 5.74) is -0.946. The summed E-state index contributed by atoms with van der Waals surface area (Å²) in [6, 6.07) is 1.10. The summed E-state index contributed by atoms with van der Waals surface area (Å²) < 4.78 is 18.2. The van der Waals surface area contributed by atoms with E-state index in [4.69, 9.17) is 5.11 Å². The maximum absolute atomic E-state index is 13.8. The number of carbonyl (C=O) groups is 2. The predicted molar refractivity (Wildman–Crippen MR) is 54.4 cm³/mol. The lowest BCUT2D eigenvalue weighted by molar-refractivity contribution is 0.0597. The smallest absolute Gasteiger partial charge is 0.343 e. The van der Waals surface area contributed by atoms with Gasteiger partial charge in [-0.25, -0.2) is 14.0 Å². The number of H-pyrrole nitrogens is 1. The van der Waals surface area contributed by atoms with Crippen molar-refractivity contribution >= 4 is 22.8 Å². The molecular weight excluding hydrogens is 231 g/mol. The van der Waals surface area contributed by atoms with Crippen molar-refractivity contribution < 1.29 is 23.8 Å². The Balaban J connectivity index is 2.85. The van der Waals surface area contributed by atoms with E-state index in [0.717, 1.165) is 13.2 Å². The maximum Gasteiger partial charge on any atom is 0.343 e. The predicted octanol–water partition coefficient (Wildman–Crippen LogP) is 1.19. The van der Waals surface area contributed by atoms with Crippen LogP contribution >= 0.6 is 0 Å². The number of hydrogen-bond acceptors (Lipinski definition) is 4. The van der Waals surface area contributed by atoms with Gasteiger partial charge in [0.1, 0.15) is 5.56 Å². The zero-order valence-electron chi connectivity index (χ0n) is 8.65. The van der Waals surface area contributed by atoms with Crippen LogP contribution in [0.25, 0.3) is 10.9 Å². The summed E-state index contributed by atoms with van der Waals surface area (Å²) in [6.07, 6.45) is 1.30. The minimum absolute atomic E-state index is 0.111. The molecule has 88 valence electrons. The molecule has 0 bridgehead atoms. The zero-order valence-corrected chi connectivity index (χ0v) is 8.65. The average molecular weight is 238 g/mol. The maximum atomic E-state index is 13.8. The average Bonchev–Trinajstić information content (AvgIpc) is 2.74. The number of carbonyl (C=O) groups excluding carboxylic acids is 1. The number of carboxylic acids is 1. The summed E-state index contributed by atoms with van der Waals surface area (Å²) in [6.45, 7) is 0. The third-order valence-corrected chi connectivity index (χ3v) is 2.29. The van der Waals surface area contributed by atoms with Gasteiger partial charge < -0.3 is 9.84 Å². The van der Waals surface area contributed by atoms with Crippen molar-refractivity contribution in [1.82, 2.24) is 10.2 Å². The van der Waals surface area contributed by atoms with E-state index in [0.29, 0.717) is 5.39 Å². The number of rotatable bonds is 2. The van der Waals surface area contributed by atoms with Crippen LogP contribution in [0.15, 0.2) is 12.3 Å². The Hall–Kier alpha value is -2.44. The molecule has 0 spiro atoms. The number of aromatic carboxylic acids is 1. The topological polar surface area (TPSA) is 92.3 Å². The van der Waals surface area contributed by atoms with Crippen LogP contribution in [0.3, 0.4) is 0 Å². The van der Waals surface area contributed by atoms with Gasteiger partial charge in [0, 0.05) is 5.39 Å². The number of aromatic nitrogens is 2. The number of esters is 1. The van der Waals surface area contributed by atoms with Gasteiger partial charge >= 0.3 is 11.9 Å². The van der Waals surface area contributed by atoms with Gasteiger partial charge in [-0.1, -0.05) is 0 Å². The monoisotopic (exact) mass is 238 g/mol. The fourth-order valence-electron chi connectivity index (χ4n) is 1.52. The van der Waals surface area contributed by atoms with Gasteiger partial charge in [-0.3, -0.25) is 5.10 Å². The van der Waals surface area contributed by atoms with Crippen LogP contribution in [0, 0.1) is 5.82 Å². The Kier molecular flexibility index (Phi) is 2.51. The summed E-state index contributed by atoms with van der Waals surface area (Å²) in [4.78, 5) is 22.2. The van der Waals surface area contributed by atoms with E-state index < -0.39 is 28.9 Å². The standard InChI is InChI=1S/C10H7FN2O4/c1-17-10(16)6-7(11)5(9(14)15)2-4-3-12-13-8(4)6/h2-3H,1H3,(H,12,13)(H,14,15). The van der Waals surface area contributed by atoms with Gasteiger partial charge in [0.05, 0.1) is 24.4 Å². The molecule has 0 aliphatic carbocycles. The molecule has 0 saturated heterocycles. The quantitative estimate of drug-likeness (QED) is 0.766. The Morgan fingerprint density at radius 3 is 2.82 bits per heavy atom. The zero-order chi connectivity index (χ0) is 12.6. The summed E-state index contributed by atoms with van der Waals surface area (Å²) in [5.74, 6) is -3.56. The van der Waals surface area contributed by atoms with Crippen LogP contribution in [0.1, 0.15) is 20.7 Å². The molecule has 6 nitrogen and oxygen atoms in total. The molecule has 2 rings (SSSR count). The van der Waals surface area contributed by atoms with Gasteiger partial charge in [0.25, 0.3) is 0 Å². The third-order valence-electron chi connectivity index (χ3n) is 2.29. The first-order valence-electron chi connectivity index (χ1n) is 4.53. The minimum Gasteiger partial charge on any atom is -0.478 e. The van der Waals surface area contributed by atoms with Crippen molar-refractivity contribution in [1.29, 1.82) is 0 Å². The van der Waals surface area contributed by atoms with Crippen LogP contribution in [-0.2, 0) is 4.74 Å². The molecular formula is C10H7FN2O4. The van der Waals surface area contributed by atoms with E-state index in [2.05, 4.69) is 14.9 Å². The van der Waals surface area contributed by atoms with Gasteiger partial charge in [0.15, 0.2) is 5.82 Å². The van der Waals surface area contributed by atoms with E-state index in [1.165, 1.54) is 6.20 Å². The lowest BCUT2D eigenvalue weighted by atomic mass is 10.1. The number of fused-ring (bicyclic) bond motifs is 1. The molecule has 1 heterocycles. The van der Waals surface area contributed by atoms with Crippen molar-refractivity contribution in [3.63, 3.8) is 0 Å². The number of methoxy groups -OCH3 is 1. The van der Waals surface area contributed by atoms with Crippen LogP contribution in [0.2, 0.25) is 0 Å². The van der Waals surface area contributed by atoms with E-state index in [9.17, 15) is 14.0 Å². The van der Waals surface area contributed by atoms with Gasteiger partial charge in [0.2, 0.25) is 0 Å². The second-order valence-corrected chi connectivity index (χ2v) is 3.24. The molecule has 0 unspecified atom stereocenters. The Morgan fingerprint density at radius 2 is 2.24 bits per heavy atom. The van der Waals surface area contributed by atoms with Crippen LogP contribution in [-0.4, -0.2) is 34.4 Å². The molecule has 0 aliphatic heterocycles. The minimum atomic E-state index is -1.46. The number of hydrogen-bond donors (Lipinski definition) is 2. The van der Waals surface area contributed by atoms with Gasteiger partial charge in [-0.15, -0.1) is 0 Å². The first kappa shape index (κ1) is 11.1. The number of nitrogens with zero attached hydrogens (tertiary/aromatic N) is 1. The molecule has 2 N–H and O–H groups in total. The molecule has 17 heavy (non-hydrogen) atoms. The van der Waals surface area contributed by atoms with Crippen LogP contribution in [0.4, 0.5) is 4.39 Å². The van der Waals surface area contributed by atoms with Crippen molar-refractivity contribution in [3.05, 3.63) is 29.2 Å². The largest absolute Gasteiger partial charge is 0.478 e. The van der Waals surface area contributed by atoms with Crippen LogP contribution < -0.4 is 0 Å². The van der Waals surface area contributed by atoms with E-state index in [1.807, 2.05) is 0 Å². The Bertz CT molecular complexity index is 620. The molecule has 2 aromatic rings. The van der Waals surface area contributed by atoms with Crippen molar-refractivity contribution in [2.45, 2.75) is 0 Å². The van der Waals surface area contributed by atoms with E-state index >= 15 is 0 Å². The van der Waals surface area contributed by atoms with E-state index in [-0.39, 0.29) is 5.52 Å². The molecule has 0 atom stereocenters. The molecule has 0 saturated carbocycles. The number of nitrogens with one attached hydrogen (secondary N) is 1. The van der Waals surface area contributed by atoms with Crippen molar-refractivity contribution in [2.24, 2.45) is 0 Å². The highest BCUT2D eigenvalue weighted by Gasteiger charge is 2.24. The highest BCUT2D eigenvalue weighted by Crippen LogP contribution is 2.24. The van der Waals surface area contributed by atoms with Crippen molar-refractivity contribution in [3.8, 4) is 0 Å². The lowest BCUT2D eigenvalue weighted by Gasteiger charge is -2.05. The number of carboxylic acid groups (broad SMARTS) is 1. The van der Waals surface area contributed by atoms with E-state index in [1.54, 1.807) is 0 Å². The number of ether oxygens (including phenoxy) is 1. The third kappa shape index (κ3) is 1.61. The van der Waals surface area contributed by atoms with Crippen LogP contribution in [0.5, 0.6) is 0 Å². The van der Waals surface area contributed by atoms with Gasteiger partial charge in [-0.05, 0) is 6.07 Å². The Labute approximate surface area is 94.0 Å². The molecule has 0 radical (unpaired) electrons. The summed E-state index contributed by atoms with van der Waals surface area (Å²) in [5, 5.41) is 15.2. The second-order valence-electron chi connectivity index (χ2n) is 3.24. The molecule has 1 aromatic carbocycles. The number of halogens is 1. The first-order valence-corrected chi connectivity index (χ1v) is 4.53. The molecule has 0 amide bonds.